The summed E-state index contributed by atoms with van der Waals surface area (Å²) in [4.78, 5) is 10.6. The Morgan fingerprint density at radius 1 is 1.43 bits per heavy atom. The van der Waals surface area contributed by atoms with Gasteiger partial charge in [-0.15, -0.1) is 11.3 Å². The van der Waals surface area contributed by atoms with Gasteiger partial charge < -0.3 is 5.11 Å². The van der Waals surface area contributed by atoms with Gasteiger partial charge in [0.2, 0.25) is 0 Å². The maximum absolute atomic E-state index is 13.2. The molecule has 0 spiro atoms. The van der Waals surface area contributed by atoms with Crippen molar-refractivity contribution in [3.63, 3.8) is 0 Å². The number of carboxylic acid groups (broad SMARTS) is 1. The van der Waals surface area contributed by atoms with Crippen LogP contribution in [0.2, 0.25) is 0 Å². The van der Waals surface area contributed by atoms with Crippen LogP contribution in [0.4, 0.5) is 4.39 Å². The summed E-state index contributed by atoms with van der Waals surface area (Å²) in [5.74, 6) is -1.94. The van der Waals surface area contributed by atoms with Gasteiger partial charge >= 0.3 is 5.97 Å². The van der Waals surface area contributed by atoms with E-state index in [-0.39, 0.29) is 5.56 Å². The third kappa shape index (κ3) is 1.53. The second-order valence-corrected chi connectivity index (χ2v) is 5.19. The van der Waals surface area contributed by atoms with Crippen molar-refractivity contribution in [2.24, 2.45) is 0 Å². The summed E-state index contributed by atoms with van der Waals surface area (Å²) in [6.07, 6.45) is 0. The molecule has 1 aromatic carbocycles. The number of rotatable bonds is 1. The maximum Gasteiger partial charge on any atom is 0.338 e. The molecule has 0 radical (unpaired) electrons. The van der Waals surface area contributed by atoms with Crippen LogP contribution in [-0.4, -0.2) is 11.1 Å². The fraction of sp³-hybridized carbons (Fsp3) is 0. The van der Waals surface area contributed by atoms with Crippen LogP contribution in [-0.2, 0) is 0 Å². The molecule has 0 aliphatic heterocycles. The van der Waals surface area contributed by atoms with E-state index in [0.29, 0.717) is 5.39 Å². The number of hydrogen-bond acceptors (Lipinski definition) is 2. The molecular formula is C9H4BrFO2S. The van der Waals surface area contributed by atoms with Crippen molar-refractivity contribution in [3.8, 4) is 0 Å². The molecule has 0 unspecified atom stereocenters. The molecule has 0 aliphatic rings. The maximum atomic E-state index is 13.2. The monoisotopic (exact) mass is 274 g/mol. The Morgan fingerprint density at radius 2 is 2.14 bits per heavy atom. The van der Waals surface area contributed by atoms with Gasteiger partial charge in [-0.25, -0.2) is 9.18 Å². The van der Waals surface area contributed by atoms with Gasteiger partial charge in [-0.05, 0) is 39.5 Å². The van der Waals surface area contributed by atoms with Crippen molar-refractivity contribution in [2.75, 3.05) is 0 Å². The molecule has 0 atom stereocenters. The van der Waals surface area contributed by atoms with Gasteiger partial charge in [-0.2, -0.15) is 0 Å². The molecule has 0 saturated carbocycles. The van der Waals surface area contributed by atoms with Gasteiger partial charge in [0.1, 0.15) is 5.82 Å². The van der Waals surface area contributed by atoms with Crippen molar-refractivity contribution in [2.45, 2.75) is 0 Å². The van der Waals surface area contributed by atoms with Crippen LogP contribution < -0.4 is 0 Å². The summed E-state index contributed by atoms with van der Waals surface area (Å²) in [5, 5.41) is 9.40. The van der Waals surface area contributed by atoms with E-state index < -0.39 is 11.8 Å². The Balaban J connectivity index is 2.76. The molecule has 2 aromatic rings. The Labute approximate surface area is 91.1 Å². The van der Waals surface area contributed by atoms with Crippen LogP contribution in [0, 0.1) is 5.82 Å². The third-order valence-corrected chi connectivity index (χ3v) is 3.41. The van der Waals surface area contributed by atoms with Crippen LogP contribution in [0.5, 0.6) is 0 Å². The van der Waals surface area contributed by atoms with E-state index in [2.05, 4.69) is 15.9 Å². The van der Waals surface area contributed by atoms with Gasteiger partial charge in [0.05, 0.1) is 9.35 Å². The molecule has 2 nitrogen and oxygen atoms in total. The van der Waals surface area contributed by atoms with E-state index >= 15 is 0 Å². The summed E-state index contributed by atoms with van der Waals surface area (Å²) < 4.78 is 14.8. The molecule has 72 valence electrons. The van der Waals surface area contributed by atoms with Gasteiger partial charge in [-0.3, -0.25) is 0 Å². The van der Waals surface area contributed by atoms with Gasteiger partial charge in [-0.1, -0.05) is 0 Å². The second kappa shape index (κ2) is 3.33. The number of carboxylic acids is 1. The predicted molar refractivity (Wildman–Crippen MR) is 56.4 cm³/mol. The Kier molecular flexibility index (Phi) is 2.28. The van der Waals surface area contributed by atoms with Crippen molar-refractivity contribution < 1.29 is 14.3 Å². The highest BCUT2D eigenvalue weighted by atomic mass is 79.9. The van der Waals surface area contributed by atoms with Crippen LogP contribution >= 0.6 is 27.3 Å². The first-order valence-electron chi connectivity index (χ1n) is 3.70. The molecule has 2 rings (SSSR count). The molecular weight excluding hydrogens is 271 g/mol. The first-order valence-corrected chi connectivity index (χ1v) is 5.31. The van der Waals surface area contributed by atoms with E-state index in [0.717, 1.165) is 8.49 Å². The fourth-order valence-corrected chi connectivity index (χ4v) is 2.77. The highest BCUT2D eigenvalue weighted by Gasteiger charge is 2.12. The Morgan fingerprint density at radius 3 is 2.79 bits per heavy atom. The zero-order chi connectivity index (χ0) is 10.3. The highest BCUT2D eigenvalue weighted by Crippen LogP contribution is 2.31. The summed E-state index contributed by atoms with van der Waals surface area (Å²) in [5.41, 5.74) is -0.285. The van der Waals surface area contributed by atoms with E-state index in [4.69, 9.17) is 5.11 Å². The highest BCUT2D eigenvalue weighted by molar-refractivity contribution is 9.11. The van der Waals surface area contributed by atoms with Crippen LogP contribution in [0.15, 0.2) is 22.0 Å². The zero-order valence-corrected chi connectivity index (χ0v) is 9.15. The van der Waals surface area contributed by atoms with Crippen LogP contribution in [0.25, 0.3) is 10.1 Å². The zero-order valence-electron chi connectivity index (χ0n) is 6.75. The molecule has 0 fully saturated rings. The van der Waals surface area contributed by atoms with Gasteiger partial charge in [0, 0.05) is 4.70 Å². The smallest absolute Gasteiger partial charge is 0.338 e. The Hall–Kier alpha value is -0.940. The molecule has 1 N–H and O–H groups in total. The number of carbonyl (C=O) groups is 1. The summed E-state index contributed by atoms with van der Waals surface area (Å²) in [7, 11) is 0. The lowest BCUT2D eigenvalue weighted by Gasteiger charge is -1.96. The standard InChI is InChI=1S/C9H4BrFO2S/c10-8-2-4-1-6(11)5(9(12)13)3-7(4)14-8/h1-3H,(H,12,13). The second-order valence-electron chi connectivity index (χ2n) is 2.73. The van der Waals surface area contributed by atoms with Crippen molar-refractivity contribution in [1.82, 2.24) is 0 Å². The van der Waals surface area contributed by atoms with E-state index in [1.807, 2.05) is 0 Å². The van der Waals surface area contributed by atoms with Crippen molar-refractivity contribution >= 4 is 43.3 Å². The summed E-state index contributed by atoms with van der Waals surface area (Å²) >= 11 is 4.64. The van der Waals surface area contributed by atoms with E-state index in [1.165, 1.54) is 23.5 Å². The molecule has 0 saturated heterocycles. The van der Waals surface area contributed by atoms with Gasteiger partial charge in [0.15, 0.2) is 0 Å². The molecule has 1 heterocycles. The molecule has 1 aromatic heterocycles. The number of aromatic carboxylic acids is 1. The van der Waals surface area contributed by atoms with Crippen molar-refractivity contribution in [1.29, 1.82) is 0 Å². The number of fused-ring (bicyclic) bond motifs is 1. The SMILES string of the molecule is O=C(O)c1cc2sc(Br)cc2cc1F. The first-order chi connectivity index (χ1) is 6.58. The van der Waals surface area contributed by atoms with Crippen LogP contribution in [0.1, 0.15) is 10.4 Å². The predicted octanol–water partition coefficient (Wildman–Crippen LogP) is 3.50. The summed E-state index contributed by atoms with van der Waals surface area (Å²) in [6.45, 7) is 0. The normalized spacial score (nSPS) is 10.7. The van der Waals surface area contributed by atoms with E-state index in [9.17, 15) is 9.18 Å². The average Bonchev–Trinajstić information content (AvgIpc) is 2.42. The lowest BCUT2D eigenvalue weighted by molar-refractivity contribution is 0.0692. The minimum atomic E-state index is -1.24. The van der Waals surface area contributed by atoms with Crippen LogP contribution in [0.3, 0.4) is 0 Å². The number of benzene rings is 1. The average molecular weight is 275 g/mol. The molecule has 14 heavy (non-hydrogen) atoms. The van der Waals surface area contributed by atoms with Gasteiger partial charge in [0.25, 0.3) is 0 Å². The number of thiophene rings is 1. The van der Waals surface area contributed by atoms with Crippen molar-refractivity contribution in [3.05, 3.63) is 33.4 Å². The molecule has 5 heteroatoms. The largest absolute Gasteiger partial charge is 0.478 e. The van der Waals surface area contributed by atoms with E-state index in [1.54, 1.807) is 6.07 Å². The topological polar surface area (TPSA) is 37.3 Å². The fourth-order valence-electron chi connectivity index (χ4n) is 1.19. The third-order valence-electron chi connectivity index (χ3n) is 1.81. The lowest BCUT2D eigenvalue weighted by Crippen LogP contribution is -1.99. The summed E-state index contributed by atoms with van der Waals surface area (Å²) in [6, 6.07) is 4.34. The minimum absolute atomic E-state index is 0.285. The molecule has 0 bridgehead atoms. The molecule has 0 amide bonds. The lowest BCUT2D eigenvalue weighted by atomic mass is 10.1. The number of halogens is 2. The Bertz CT molecular complexity index is 521. The minimum Gasteiger partial charge on any atom is -0.478 e. The number of hydrogen-bond donors (Lipinski definition) is 1. The molecule has 0 aliphatic carbocycles. The quantitative estimate of drug-likeness (QED) is 0.864. The first kappa shape index (κ1) is 9.61.